The Morgan fingerprint density at radius 3 is 2.93 bits per heavy atom. The number of aromatic nitrogens is 4. The highest BCUT2D eigenvalue weighted by atomic mass is 19.1. The highest BCUT2D eigenvalue weighted by Crippen LogP contribution is 2.24. The van der Waals surface area contributed by atoms with Crippen LogP contribution in [0.15, 0.2) is 48.9 Å². The van der Waals surface area contributed by atoms with Gasteiger partial charge in [-0.2, -0.15) is 5.10 Å². The van der Waals surface area contributed by atoms with Crippen LogP contribution in [-0.4, -0.2) is 50.7 Å². The first kappa shape index (κ1) is 18.1. The van der Waals surface area contributed by atoms with Crippen LogP contribution in [0.4, 0.5) is 4.39 Å². The number of carbonyl (C=O) groups is 1. The molecule has 1 aliphatic heterocycles. The van der Waals surface area contributed by atoms with Crippen LogP contribution in [-0.2, 0) is 0 Å². The van der Waals surface area contributed by atoms with Gasteiger partial charge in [0.1, 0.15) is 12.1 Å². The largest absolute Gasteiger partial charge is 0.477 e. The first-order valence-corrected chi connectivity index (χ1v) is 9.19. The number of aromatic amines is 1. The number of carbonyl (C=O) groups excluding carboxylic acids is 1. The lowest BCUT2D eigenvalue weighted by atomic mass is 9.97. The van der Waals surface area contributed by atoms with Crippen molar-refractivity contribution in [3.8, 4) is 17.3 Å². The predicted octanol–water partition coefficient (Wildman–Crippen LogP) is 2.94. The summed E-state index contributed by atoms with van der Waals surface area (Å²) in [5.41, 5.74) is 1.33. The molecule has 1 aliphatic rings. The Morgan fingerprint density at radius 2 is 2.14 bits per heavy atom. The smallest absolute Gasteiger partial charge is 0.254 e. The standard InChI is InChI=1S/C20H20FN5O2/c21-15-7-8-18(22-10-15)28-12-14-4-3-9-26(11-14)20(27)17-6-2-1-5-16(17)19-23-13-24-25-19/h1-2,5-8,10,13-14H,3-4,9,11-12H2,(H,23,24,25). The summed E-state index contributed by atoms with van der Waals surface area (Å²) in [6.07, 6.45) is 4.43. The number of piperidine rings is 1. The molecule has 3 heterocycles. The van der Waals surface area contributed by atoms with Gasteiger partial charge in [-0.05, 0) is 25.0 Å². The number of amides is 1. The van der Waals surface area contributed by atoms with Gasteiger partial charge in [-0.1, -0.05) is 18.2 Å². The Kier molecular flexibility index (Phi) is 5.27. The minimum atomic E-state index is -0.396. The molecule has 4 rings (SSSR count). The van der Waals surface area contributed by atoms with E-state index in [4.69, 9.17) is 4.74 Å². The topological polar surface area (TPSA) is 84.0 Å². The van der Waals surface area contributed by atoms with Gasteiger partial charge >= 0.3 is 0 Å². The molecular weight excluding hydrogens is 361 g/mol. The second kappa shape index (κ2) is 8.16. The quantitative estimate of drug-likeness (QED) is 0.735. The second-order valence-electron chi connectivity index (χ2n) is 6.76. The van der Waals surface area contributed by atoms with Crippen LogP contribution in [0.3, 0.4) is 0 Å². The molecule has 0 saturated carbocycles. The molecule has 0 aliphatic carbocycles. The zero-order chi connectivity index (χ0) is 19.3. The van der Waals surface area contributed by atoms with Crippen LogP contribution in [0.25, 0.3) is 11.4 Å². The number of hydrogen-bond donors (Lipinski definition) is 1. The number of hydrogen-bond acceptors (Lipinski definition) is 5. The first-order valence-electron chi connectivity index (χ1n) is 9.19. The van der Waals surface area contributed by atoms with Gasteiger partial charge in [0.25, 0.3) is 5.91 Å². The highest BCUT2D eigenvalue weighted by molar-refractivity contribution is 6.00. The lowest BCUT2D eigenvalue weighted by Crippen LogP contribution is -2.41. The van der Waals surface area contributed by atoms with Gasteiger partial charge in [0.2, 0.25) is 5.88 Å². The Labute approximate surface area is 161 Å². The summed E-state index contributed by atoms with van der Waals surface area (Å²) in [6, 6.07) is 10.2. The maximum absolute atomic E-state index is 13.1. The molecule has 1 fully saturated rings. The Hall–Kier alpha value is -3.29. The molecule has 144 valence electrons. The summed E-state index contributed by atoms with van der Waals surface area (Å²) in [4.78, 5) is 23.1. The van der Waals surface area contributed by atoms with Gasteiger partial charge in [0.05, 0.1) is 18.4 Å². The fourth-order valence-electron chi connectivity index (χ4n) is 3.42. The molecule has 8 heteroatoms. The first-order chi connectivity index (χ1) is 13.7. The minimum absolute atomic E-state index is 0.0309. The van der Waals surface area contributed by atoms with Crippen molar-refractivity contribution in [2.45, 2.75) is 12.8 Å². The van der Waals surface area contributed by atoms with Gasteiger partial charge in [0.15, 0.2) is 5.82 Å². The van der Waals surface area contributed by atoms with Crippen molar-refractivity contribution in [3.63, 3.8) is 0 Å². The normalized spacial score (nSPS) is 16.8. The van der Waals surface area contributed by atoms with E-state index in [0.29, 0.717) is 37.0 Å². The minimum Gasteiger partial charge on any atom is -0.477 e. The molecule has 1 aromatic carbocycles. The van der Waals surface area contributed by atoms with Crippen LogP contribution in [0, 0.1) is 11.7 Å². The Morgan fingerprint density at radius 1 is 1.25 bits per heavy atom. The van der Waals surface area contributed by atoms with Crippen LogP contribution in [0.1, 0.15) is 23.2 Å². The van der Waals surface area contributed by atoms with E-state index in [1.165, 1.54) is 18.5 Å². The molecular formula is C20H20FN5O2. The van der Waals surface area contributed by atoms with Crippen LogP contribution >= 0.6 is 0 Å². The lowest BCUT2D eigenvalue weighted by Gasteiger charge is -2.33. The third-order valence-electron chi connectivity index (χ3n) is 4.80. The fraction of sp³-hybridized carbons (Fsp3) is 0.300. The number of rotatable bonds is 5. The maximum atomic E-state index is 13.1. The van der Waals surface area contributed by atoms with Gasteiger partial charge in [-0.3, -0.25) is 9.89 Å². The molecule has 1 amide bonds. The van der Waals surface area contributed by atoms with Crippen molar-refractivity contribution in [1.82, 2.24) is 25.1 Å². The molecule has 28 heavy (non-hydrogen) atoms. The van der Waals surface area contributed by atoms with E-state index in [1.54, 1.807) is 0 Å². The SMILES string of the molecule is O=C(c1ccccc1-c1ncn[nH]1)N1CCCC(COc2ccc(F)cn2)C1. The van der Waals surface area contributed by atoms with Gasteiger partial charge < -0.3 is 9.64 Å². The van der Waals surface area contributed by atoms with Gasteiger partial charge in [-0.15, -0.1) is 0 Å². The zero-order valence-corrected chi connectivity index (χ0v) is 15.2. The number of pyridine rings is 1. The molecule has 2 aromatic heterocycles. The average Bonchev–Trinajstić information content (AvgIpc) is 3.28. The third kappa shape index (κ3) is 4.00. The summed E-state index contributed by atoms with van der Waals surface area (Å²) >= 11 is 0. The molecule has 3 aromatic rings. The monoisotopic (exact) mass is 381 g/mol. The predicted molar refractivity (Wildman–Crippen MR) is 100 cm³/mol. The molecule has 0 bridgehead atoms. The third-order valence-corrected chi connectivity index (χ3v) is 4.80. The molecule has 1 saturated heterocycles. The van der Waals surface area contributed by atoms with Crippen LogP contribution in [0.2, 0.25) is 0 Å². The van der Waals surface area contributed by atoms with E-state index in [0.717, 1.165) is 24.6 Å². The van der Waals surface area contributed by atoms with E-state index in [9.17, 15) is 9.18 Å². The molecule has 0 spiro atoms. The maximum Gasteiger partial charge on any atom is 0.254 e. The Bertz CT molecular complexity index is 930. The average molecular weight is 381 g/mol. The number of nitrogens with one attached hydrogen (secondary N) is 1. The zero-order valence-electron chi connectivity index (χ0n) is 15.2. The summed E-state index contributed by atoms with van der Waals surface area (Å²) in [6.45, 7) is 1.74. The van der Waals surface area contributed by atoms with Crippen molar-refractivity contribution < 1.29 is 13.9 Å². The number of benzene rings is 1. The number of ether oxygens (including phenoxy) is 1. The molecule has 1 N–H and O–H groups in total. The Balaban J connectivity index is 1.43. The fourth-order valence-corrected chi connectivity index (χ4v) is 3.42. The van der Waals surface area contributed by atoms with E-state index in [2.05, 4.69) is 20.2 Å². The van der Waals surface area contributed by atoms with E-state index < -0.39 is 5.82 Å². The van der Waals surface area contributed by atoms with Crippen molar-refractivity contribution >= 4 is 5.91 Å². The summed E-state index contributed by atoms with van der Waals surface area (Å²) < 4.78 is 18.6. The lowest BCUT2D eigenvalue weighted by molar-refractivity contribution is 0.0632. The van der Waals surface area contributed by atoms with E-state index in [1.807, 2.05) is 29.2 Å². The molecule has 7 nitrogen and oxygen atoms in total. The summed E-state index contributed by atoms with van der Waals surface area (Å²) in [7, 11) is 0. The summed E-state index contributed by atoms with van der Waals surface area (Å²) in [5.74, 6) is 0.731. The molecule has 1 unspecified atom stereocenters. The molecule has 1 atom stereocenters. The van der Waals surface area contributed by atoms with Crippen molar-refractivity contribution in [2.75, 3.05) is 19.7 Å². The van der Waals surface area contributed by atoms with Gasteiger partial charge in [-0.25, -0.2) is 14.4 Å². The van der Waals surface area contributed by atoms with E-state index >= 15 is 0 Å². The van der Waals surface area contributed by atoms with Crippen molar-refractivity contribution in [3.05, 3.63) is 60.3 Å². The number of likely N-dealkylation sites (tertiary alicyclic amines) is 1. The van der Waals surface area contributed by atoms with E-state index in [-0.39, 0.29) is 11.8 Å². The van der Waals surface area contributed by atoms with Gasteiger partial charge in [0, 0.05) is 30.6 Å². The number of H-pyrrole nitrogens is 1. The van der Waals surface area contributed by atoms with Crippen LogP contribution in [0.5, 0.6) is 5.88 Å². The van der Waals surface area contributed by atoms with Crippen molar-refractivity contribution in [1.29, 1.82) is 0 Å². The highest BCUT2D eigenvalue weighted by Gasteiger charge is 2.27. The van der Waals surface area contributed by atoms with Crippen molar-refractivity contribution in [2.24, 2.45) is 5.92 Å². The van der Waals surface area contributed by atoms with Crippen LogP contribution < -0.4 is 4.74 Å². The molecule has 0 radical (unpaired) electrons. The number of halogens is 1. The second-order valence-corrected chi connectivity index (χ2v) is 6.76. The summed E-state index contributed by atoms with van der Waals surface area (Å²) in [5, 5.41) is 6.69. The number of nitrogens with zero attached hydrogens (tertiary/aromatic N) is 4.